The number of aryl methyl sites for hydroxylation is 1. The summed E-state index contributed by atoms with van der Waals surface area (Å²) >= 11 is 0. The predicted octanol–water partition coefficient (Wildman–Crippen LogP) is 1.31. The molecule has 0 fully saturated rings. The van der Waals surface area contributed by atoms with Crippen molar-refractivity contribution in [2.24, 2.45) is 0 Å². The van der Waals surface area contributed by atoms with E-state index in [-0.39, 0.29) is 6.61 Å². The molecular weight excluding hydrogens is 190 g/mol. The number of hydrogen-bond donors (Lipinski definition) is 2. The predicted molar refractivity (Wildman–Crippen MR) is 57.3 cm³/mol. The Morgan fingerprint density at radius 1 is 1.47 bits per heavy atom. The number of nitrogens with zero attached hydrogens (tertiary/aromatic N) is 2. The molecule has 2 N–H and O–H groups in total. The van der Waals surface area contributed by atoms with Gasteiger partial charge in [0.05, 0.1) is 5.69 Å². The van der Waals surface area contributed by atoms with E-state index in [9.17, 15) is 0 Å². The molecular formula is C11H13N3O. The molecule has 2 rings (SSSR count). The highest BCUT2D eigenvalue weighted by atomic mass is 16.2. The second-order valence-electron chi connectivity index (χ2n) is 3.39. The summed E-state index contributed by atoms with van der Waals surface area (Å²) in [6, 6.07) is 3.84. The zero-order valence-corrected chi connectivity index (χ0v) is 8.57. The van der Waals surface area contributed by atoms with E-state index >= 15 is 0 Å². The normalized spacial score (nSPS) is 10.5. The maximum Gasteiger partial charge on any atom is 0.0971 e. The number of aliphatic hydroxyl groups is 1. The van der Waals surface area contributed by atoms with Crippen molar-refractivity contribution in [3.63, 3.8) is 0 Å². The van der Waals surface area contributed by atoms with Crippen molar-refractivity contribution in [3.8, 4) is 11.3 Å². The Hall–Kier alpha value is -1.68. The number of aromatic nitrogens is 3. The molecule has 15 heavy (non-hydrogen) atoms. The first-order valence-corrected chi connectivity index (χ1v) is 4.88. The maximum absolute atomic E-state index is 8.98. The quantitative estimate of drug-likeness (QED) is 0.790. The van der Waals surface area contributed by atoms with E-state index in [4.69, 9.17) is 5.11 Å². The van der Waals surface area contributed by atoms with Crippen LogP contribution >= 0.6 is 0 Å². The van der Waals surface area contributed by atoms with Gasteiger partial charge in [-0.05, 0) is 25.5 Å². The van der Waals surface area contributed by atoms with Crippen molar-refractivity contribution < 1.29 is 5.11 Å². The van der Waals surface area contributed by atoms with Crippen LogP contribution in [-0.2, 0) is 6.42 Å². The first kappa shape index (κ1) is 9.86. The lowest BCUT2D eigenvalue weighted by molar-refractivity contribution is 0.299. The van der Waals surface area contributed by atoms with Gasteiger partial charge in [-0.25, -0.2) is 0 Å². The van der Waals surface area contributed by atoms with Crippen LogP contribution < -0.4 is 0 Å². The summed E-state index contributed by atoms with van der Waals surface area (Å²) in [5.41, 5.74) is 3.92. The Morgan fingerprint density at radius 2 is 2.33 bits per heavy atom. The molecule has 0 saturated carbocycles. The first-order chi connectivity index (χ1) is 7.33. The molecule has 0 saturated heterocycles. The van der Waals surface area contributed by atoms with Gasteiger partial charge in [-0.1, -0.05) is 0 Å². The molecule has 0 aromatic carbocycles. The van der Waals surface area contributed by atoms with Crippen LogP contribution in [0, 0.1) is 6.92 Å². The van der Waals surface area contributed by atoms with Crippen molar-refractivity contribution in [3.05, 3.63) is 35.8 Å². The molecule has 0 radical (unpaired) electrons. The number of hydrogen-bond acceptors (Lipinski definition) is 3. The van der Waals surface area contributed by atoms with E-state index in [1.165, 1.54) is 0 Å². The van der Waals surface area contributed by atoms with Gasteiger partial charge in [-0.3, -0.25) is 10.1 Å². The van der Waals surface area contributed by atoms with Crippen molar-refractivity contribution in [2.75, 3.05) is 6.61 Å². The number of pyridine rings is 1. The number of rotatable bonds is 3. The highest BCUT2D eigenvalue weighted by Gasteiger charge is 2.11. The zero-order chi connectivity index (χ0) is 10.7. The molecule has 4 heteroatoms. The topological polar surface area (TPSA) is 61.8 Å². The highest BCUT2D eigenvalue weighted by molar-refractivity contribution is 5.62. The van der Waals surface area contributed by atoms with Crippen molar-refractivity contribution in [2.45, 2.75) is 13.3 Å². The average molecular weight is 203 g/mol. The van der Waals surface area contributed by atoms with E-state index in [0.29, 0.717) is 6.42 Å². The fourth-order valence-electron chi connectivity index (χ4n) is 1.61. The Bertz CT molecular complexity index is 436. The van der Waals surface area contributed by atoms with Crippen LogP contribution in [0.3, 0.4) is 0 Å². The Labute approximate surface area is 88.0 Å². The van der Waals surface area contributed by atoms with Gasteiger partial charge in [0.1, 0.15) is 0 Å². The fourth-order valence-corrected chi connectivity index (χ4v) is 1.61. The van der Waals surface area contributed by atoms with Gasteiger partial charge < -0.3 is 5.11 Å². The van der Waals surface area contributed by atoms with Gasteiger partial charge in [0.25, 0.3) is 0 Å². The Morgan fingerprint density at radius 3 is 3.00 bits per heavy atom. The minimum absolute atomic E-state index is 0.133. The molecule has 0 aliphatic carbocycles. The number of aliphatic hydroxyl groups excluding tert-OH is 1. The van der Waals surface area contributed by atoms with Gasteiger partial charge in [-0.15, -0.1) is 0 Å². The minimum atomic E-state index is 0.133. The summed E-state index contributed by atoms with van der Waals surface area (Å²) in [5.74, 6) is 0. The summed E-state index contributed by atoms with van der Waals surface area (Å²) in [6.45, 7) is 2.09. The average Bonchev–Trinajstić information content (AvgIpc) is 2.63. The van der Waals surface area contributed by atoms with Gasteiger partial charge in [0.15, 0.2) is 0 Å². The smallest absolute Gasteiger partial charge is 0.0971 e. The lowest BCUT2D eigenvalue weighted by atomic mass is 10.1. The summed E-state index contributed by atoms with van der Waals surface area (Å²) < 4.78 is 0. The maximum atomic E-state index is 8.98. The van der Waals surface area contributed by atoms with Crippen LogP contribution in [0.5, 0.6) is 0 Å². The largest absolute Gasteiger partial charge is 0.396 e. The number of aromatic amines is 1. The third kappa shape index (κ3) is 1.89. The van der Waals surface area contributed by atoms with Crippen LogP contribution in [0.15, 0.2) is 24.5 Å². The Balaban J connectivity index is 2.44. The Kier molecular flexibility index (Phi) is 2.78. The van der Waals surface area contributed by atoms with E-state index in [0.717, 1.165) is 22.5 Å². The van der Waals surface area contributed by atoms with Crippen LogP contribution in [0.4, 0.5) is 0 Å². The van der Waals surface area contributed by atoms with Crippen LogP contribution in [0.1, 0.15) is 11.3 Å². The third-order valence-electron chi connectivity index (χ3n) is 2.37. The zero-order valence-electron chi connectivity index (χ0n) is 8.57. The fraction of sp³-hybridized carbons (Fsp3) is 0.273. The van der Waals surface area contributed by atoms with Gasteiger partial charge >= 0.3 is 0 Å². The van der Waals surface area contributed by atoms with Crippen LogP contribution in [-0.4, -0.2) is 26.9 Å². The molecule has 0 spiro atoms. The summed E-state index contributed by atoms with van der Waals surface area (Å²) in [5, 5.41) is 16.1. The molecule has 4 nitrogen and oxygen atoms in total. The van der Waals surface area contributed by atoms with Crippen molar-refractivity contribution in [1.82, 2.24) is 15.2 Å². The number of nitrogens with one attached hydrogen (secondary N) is 1. The van der Waals surface area contributed by atoms with E-state index < -0.39 is 0 Å². The summed E-state index contributed by atoms with van der Waals surface area (Å²) in [7, 11) is 0. The highest BCUT2D eigenvalue weighted by Crippen LogP contribution is 2.22. The monoisotopic (exact) mass is 203 g/mol. The molecule has 0 atom stereocenters. The minimum Gasteiger partial charge on any atom is -0.396 e. The second kappa shape index (κ2) is 4.23. The molecule has 0 amide bonds. The SMILES string of the molecule is Cc1[nH]nc(-c2cccnc2)c1CCO. The molecule has 2 aromatic heterocycles. The van der Waals surface area contributed by atoms with E-state index in [2.05, 4.69) is 15.2 Å². The van der Waals surface area contributed by atoms with Gasteiger partial charge in [-0.2, -0.15) is 5.10 Å². The summed E-state index contributed by atoms with van der Waals surface area (Å²) in [6.07, 6.45) is 4.12. The number of H-pyrrole nitrogens is 1. The second-order valence-corrected chi connectivity index (χ2v) is 3.39. The molecule has 0 bridgehead atoms. The molecule has 0 unspecified atom stereocenters. The van der Waals surface area contributed by atoms with E-state index in [1.54, 1.807) is 12.4 Å². The lowest BCUT2D eigenvalue weighted by Crippen LogP contribution is -1.94. The van der Waals surface area contributed by atoms with Crippen molar-refractivity contribution in [1.29, 1.82) is 0 Å². The van der Waals surface area contributed by atoms with E-state index in [1.807, 2.05) is 19.1 Å². The molecule has 78 valence electrons. The molecule has 0 aliphatic heterocycles. The van der Waals surface area contributed by atoms with Crippen molar-refractivity contribution >= 4 is 0 Å². The van der Waals surface area contributed by atoms with Crippen LogP contribution in [0.25, 0.3) is 11.3 Å². The lowest BCUT2D eigenvalue weighted by Gasteiger charge is -2.00. The molecule has 2 aromatic rings. The van der Waals surface area contributed by atoms with Crippen LogP contribution in [0.2, 0.25) is 0 Å². The standard InChI is InChI=1S/C11H13N3O/c1-8-10(4-6-15)11(14-13-8)9-3-2-5-12-7-9/h2-3,5,7,15H,4,6H2,1H3,(H,13,14). The first-order valence-electron chi connectivity index (χ1n) is 4.88. The third-order valence-corrected chi connectivity index (χ3v) is 2.37. The summed E-state index contributed by atoms with van der Waals surface area (Å²) in [4.78, 5) is 4.06. The van der Waals surface area contributed by atoms with Gasteiger partial charge in [0.2, 0.25) is 0 Å². The molecule has 2 heterocycles. The molecule has 0 aliphatic rings. The van der Waals surface area contributed by atoms with Gasteiger partial charge in [0, 0.05) is 35.8 Å².